The molecule has 0 bridgehead atoms. The van der Waals surface area contributed by atoms with Crippen molar-refractivity contribution in [1.82, 2.24) is 0 Å². The third kappa shape index (κ3) is 2.84. The molecule has 72 valence electrons. The molecule has 0 radical (unpaired) electrons. The number of hydrogen-bond acceptors (Lipinski definition) is 6. The summed E-state index contributed by atoms with van der Waals surface area (Å²) in [4.78, 5) is 10.0. The minimum Gasteiger partial charge on any atom is -0.394 e. The quantitative estimate of drug-likeness (QED) is 0.283. The van der Waals surface area contributed by atoms with E-state index in [9.17, 15) is 4.79 Å². The van der Waals surface area contributed by atoms with Crippen LogP contribution >= 0.6 is 0 Å². The first-order valence-corrected chi connectivity index (χ1v) is 3.07. The number of carbonyl (C=O) groups excluding carboxylic acids is 1. The first-order valence-electron chi connectivity index (χ1n) is 4.15. The van der Waals surface area contributed by atoms with Crippen LogP contribution in [0.5, 0.6) is 0 Å². The van der Waals surface area contributed by atoms with Crippen molar-refractivity contribution < 1.29 is 33.1 Å². The Bertz CT molecular complexity index is 197. The highest BCUT2D eigenvalue weighted by Crippen LogP contribution is 2.02. The highest BCUT2D eigenvalue weighted by Gasteiger charge is 2.29. The Kier molecular flexibility index (Phi) is 3.49. The van der Waals surface area contributed by atoms with E-state index >= 15 is 0 Å². The van der Waals surface area contributed by atoms with Crippen LogP contribution < -0.4 is 0 Å². The van der Waals surface area contributed by atoms with E-state index in [2.05, 4.69) is 0 Å². The Morgan fingerprint density at radius 2 is 1.92 bits per heavy atom. The van der Waals surface area contributed by atoms with Crippen molar-refractivity contribution in [3.05, 3.63) is 0 Å². The van der Waals surface area contributed by atoms with Crippen LogP contribution in [0.15, 0.2) is 0 Å². The van der Waals surface area contributed by atoms with E-state index in [0.29, 0.717) is 0 Å². The van der Waals surface area contributed by atoms with Gasteiger partial charge < -0.3 is 30.3 Å². The topological polar surface area (TPSA) is 118 Å². The average Bonchev–Trinajstić information content (AvgIpc) is 2.13. The van der Waals surface area contributed by atoms with Crippen LogP contribution in [0.1, 0.15) is 2.74 Å². The maximum atomic E-state index is 10.0. The van der Waals surface area contributed by atoms with Gasteiger partial charge >= 0.3 is 0 Å². The molecule has 6 nitrogen and oxygen atoms in total. The van der Waals surface area contributed by atoms with E-state index in [1.54, 1.807) is 0 Å². The monoisotopic (exact) mass is 182 g/mol. The summed E-state index contributed by atoms with van der Waals surface area (Å²) in [5.41, 5.74) is 0. The Hall–Kier alpha value is -0.530. The Labute approximate surface area is 71.5 Å². The average molecular weight is 182 g/mol. The summed E-state index contributed by atoms with van der Waals surface area (Å²) in [7, 11) is 0. The van der Waals surface area contributed by atoms with E-state index in [-0.39, 0.29) is 6.29 Å². The third-order valence-electron chi connectivity index (χ3n) is 1.21. The Balaban J connectivity index is 4.64. The molecule has 0 spiro atoms. The van der Waals surface area contributed by atoms with Gasteiger partial charge in [-0.2, -0.15) is 0 Å². The predicted octanol–water partition coefficient (Wildman–Crippen LogP) is -3.38. The van der Waals surface area contributed by atoms with Gasteiger partial charge in [-0.05, 0) is 0 Å². The van der Waals surface area contributed by atoms with Gasteiger partial charge in [-0.1, -0.05) is 0 Å². The number of aliphatic hydroxyl groups is 5. The van der Waals surface area contributed by atoms with Crippen molar-refractivity contribution in [2.24, 2.45) is 0 Å². The van der Waals surface area contributed by atoms with Crippen LogP contribution in [-0.4, -0.2) is 62.8 Å². The summed E-state index contributed by atoms with van der Waals surface area (Å²) in [6.45, 7) is -2.15. The number of aliphatic hydroxyl groups excluding tert-OH is 4. The van der Waals surface area contributed by atoms with Gasteiger partial charge in [-0.15, -0.1) is 0 Å². The molecule has 5 N–H and O–H groups in total. The zero-order valence-corrected chi connectivity index (χ0v) is 6.03. The molecule has 12 heavy (non-hydrogen) atoms. The molecule has 0 saturated heterocycles. The summed E-state index contributed by atoms with van der Waals surface area (Å²) in [5.74, 6) is 0. The molecule has 5 atom stereocenters. The first-order chi connectivity index (χ1) is 6.25. The summed E-state index contributed by atoms with van der Waals surface area (Å²) in [5, 5.41) is 44.2. The summed E-state index contributed by atoms with van der Waals surface area (Å²) in [6, 6.07) is 0. The van der Waals surface area contributed by atoms with Crippen molar-refractivity contribution in [3.8, 4) is 0 Å². The maximum absolute atomic E-state index is 10.0. The highest BCUT2D eigenvalue weighted by atomic mass is 16.4. The van der Waals surface area contributed by atoms with Crippen molar-refractivity contribution in [1.29, 1.82) is 0 Å². The Morgan fingerprint density at radius 3 is 2.25 bits per heavy atom. The molecule has 0 aliphatic heterocycles. The van der Waals surface area contributed by atoms with Crippen LogP contribution in [0.2, 0.25) is 0 Å². The minimum absolute atomic E-state index is 0.209. The molecule has 0 aliphatic carbocycles. The fourth-order valence-electron chi connectivity index (χ4n) is 0.501. The van der Waals surface area contributed by atoms with Gasteiger partial charge in [0.1, 0.15) is 24.4 Å². The van der Waals surface area contributed by atoms with Gasteiger partial charge in [-0.25, -0.2) is 0 Å². The predicted molar refractivity (Wildman–Crippen MR) is 37.2 cm³/mol. The zero-order chi connectivity index (χ0) is 11.5. The first kappa shape index (κ1) is 8.09. The van der Waals surface area contributed by atoms with Crippen molar-refractivity contribution in [3.63, 3.8) is 0 Å². The van der Waals surface area contributed by atoms with Crippen molar-refractivity contribution in [2.45, 2.75) is 24.4 Å². The summed E-state index contributed by atoms with van der Waals surface area (Å²) in [6.07, 6.45) is -10.0. The molecule has 6 heteroatoms. The molecule has 0 fully saturated rings. The van der Waals surface area contributed by atoms with E-state index in [1.165, 1.54) is 0 Å². The normalized spacial score (nSPS) is 28.8. The van der Waals surface area contributed by atoms with Crippen LogP contribution in [-0.2, 0) is 4.79 Å². The third-order valence-corrected chi connectivity index (χ3v) is 1.21. The number of rotatable bonds is 5. The molecule has 0 aromatic rings. The number of carbonyl (C=O) groups is 1. The van der Waals surface area contributed by atoms with Crippen LogP contribution in [0, 0.1) is 0 Å². The fourth-order valence-corrected chi connectivity index (χ4v) is 0.501. The lowest BCUT2D eigenvalue weighted by Gasteiger charge is -2.22. The second-order valence-electron chi connectivity index (χ2n) is 2.09. The van der Waals surface area contributed by atoms with E-state index < -0.39 is 31.0 Å². The summed E-state index contributed by atoms with van der Waals surface area (Å²) < 4.78 is 13.5. The molecule has 0 amide bonds. The fraction of sp³-hybridized carbons (Fsp3) is 0.833. The van der Waals surface area contributed by atoms with Crippen LogP contribution in [0.25, 0.3) is 0 Å². The lowest BCUT2D eigenvalue weighted by atomic mass is 10.0. The Morgan fingerprint density at radius 1 is 1.42 bits per heavy atom. The molecular formula is C6H12O6. The largest absolute Gasteiger partial charge is 0.394 e. The zero-order valence-electron chi connectivity index (χ0n) is 8.03. The molecule has 1 unspecified atom stereocenters. The molecule has 0 aliphatic rings. The van der Waals surface area contributed by atoms with Crippen molar-refractivity contribution >= 4 is 6.29 Å². The van der Waals surface area contributed by atoms with Crippen LogP contribution in [0.4, 0.5) is 0 Å². The van der Waals surface area contributed by atoms with E-state index in [1.807, 2.05) is 0 Å². The number of aldehydes is 1. The minimum atomic E-state index is -3.07. The van der Waals surface area contributed by atoms with Gasteiger partial charge in [0.2, 0.25) is 0 Å². The standard InChI is InChI=1S/C6H12O6/c7-1-3(9)5(11)6(12)4(10)2-8/h1,3-6,8-12H,2H2/t3-,4+,5+,6+/m0/s1/i2D,5D/t2?,3-,4+,5+,6+. The van der Waals surface area contributed by atoms with E-state index in [4.69, 9.17) is 28.3 Å². The smallest absolute Gasteiger partial charge is 0.151 e. The van der Waals surface area contributed by atoms with Gasteiger partial charge in [0, 0.05) is 0 Å². The molecule has 0 saturated carbocycles. The lowest BCUT2D eigenvalue weighted by Crippen LogP contribution is -2.46. The summed E-state index contributed by atoms with van der Waals surface area (Å²) >= 11 is 0. The van der Waals surface area contributed by atoms with Gasteiger partial charge in [0.05, 0.1) is 9.32 Å². The van der Waals surface area contributed by atoms with Crippen LogP contribution in [0.3, 0.4) is 0 Å². The molecule has 0 aromatic carbocycles. The van der Waals surface area contributed by atoms with Gasteiger partial charge in [0.15, 0.2) is 6.29 Å². The highest BCUT2D eigenvalue weighted by molar-refractivity contribution is 5.56. The second kappa shape index (κ2) is 5.18. The molecule has 0 rings (SSSR count). The SMILES string of the molecule is [2H]C(O)[C@@H](O)[C@@H](O)[C@]([2H])(O)[C@@H](O)C=O. The van der Waals surface area contributed by atoms with E-state index in [0.717, 1.165) is 0 Å². The number of hydrogen-bond donors (Lipinski definition) is 5. The molecule has 0 heterocycles. The van der Waals surface area contributed by atoms with Gasteiger partial charge in [-0.3, -0.25) is 0 Å². The molecular weight excluding hydrogens is 168 g/mol. The maximum Gasteiger partial charge on any atom is 0.151 e. The second-order valence-corrected chi connectivity index (χ2v) is 2.09. The van der Waals surface area contributed by atoms with Gasteiger partial charge in [0.25, 0.3) is 0 Å². The van der Waals surface area contributed by atoms with Crippen molar-refractivity contribution in [2.75, 3.05) is 6.58 Å². The molecule has 0 aromatic heterocycles. The lowest BCUT2D eigenvalue weighted by molar-refractivity contribution is -0.136.